The molecular weight excluding hydrogens is 203 g/mol. The molecule has 0 saturated heterocycles. The van der Waals surface area contributed by atoms with E-state index >= 15 is 0 Å². The molecule has 70 valence electrons. The molecule has 0 fully saturated rings. The second-order valence-corrected chi connectivity index (χ2v) is 2.65. The minimum Gasteiger partial charge on any atom is -0.347 e. The lowest BCUT2D eigenvalue weighted by Crippen LogP contribution is -2.41. The number of hydrogen-bond donors (Lipinski definition) is 2. The third kappa shape index (κ3) is 5.21. The number of halogens is 2. The van der Waals surface area contributed by atoms with Crippen molar-refractivity contribution in [2.45, 2.75) is 0 Å². The summed E-state index contributed by atoms with van der Waals surface area (Å²) in [4.78, 5) is 21.6. The SMILES string of the molecule is O=C(NCCCl)C(=O)NCCCl. The van der Waals surface area contributed by atoms with Crippen molar-refractivity contribution < 1.29 is 9.59 Å². The first-order valence-electron chi connectivity index (χ1n) is 3.40. The van der Waals surface area contributed by atoms with E-state index in [0.29, 0.717) is 0 Å². The molecule has 0 atom stereocenters. The molecule has 0 heterocycles. The first-order valence-corrected chi connectivity index (χ1v) is 4.47. The van der Waals surface area contributed by atoms with Gasteiger partial charge in [0.25, 0.3) is 0 Å². The summed E-state index contributed by atoms with van der Waals surface area (Å²) in [7, 11) is 0. The van der Waals surface area contributed by atoms with Crippen LogP contribution in [-0.4, -0.2) is 36.7 Å². The molecule has 0 saturated carbocycles. The zero-order valence-electron chi connectivity index (χ0n) is 6.40. The van der Waals surface area contributed by atoms with E-state index < -0.39 is 11.8 Å². The van der Waals surface area contributed by atoms with Gasteiger partial charge in [0.05, 0.1) is 0 Å². The number of carbonyl (C=O) groups is 2. The molecule has 0 spiro atoms. The van der Waals surface area contributed by atoms with Crippen LogP contribution in [0, 0.1) is 0 Å². The Morgan fingerprint density at radius 1 is 0.917 bits per heavy atom. The van der Waals surface area contributed by atoms with Crippen molar-refractivity contribution >= 4 is 35.0 Å². The molecule has 12 heavy (non-hydrogen) atoms. The predicted molar refractivity (Wildman–Crippen MR) is 47.5 cm³/mol. The zero-order valence-corrected chi connectivity index (χ0v) is 7.91. The van der Waals surface area contributed by atoms with E-state index in [1.807, 2.05) is 0 Å². The smallest absolute Gasteiger partial charge is 0.309 e. The van der Waals surface area contributed by atoms with Crippen LogP contribution in [0.25, 0.3) is 0 Å². The summed E-state index contributed by atoms with van der Waals surface area (Å²) in [5, 5.41) is 4.63. The van der Waals surface area contributed by atoms with Gasteiger partial charge >= 0.3 is 11.8 Å². The first kappa shape index (κ1) is 11.5. The number of nitrogens with one attached hydrogen (secondary N) is 2. The summed E-state index contributed by atoms with van der Waals surface area (Å²) >= 11 is 10.6. The lowest BCUT2D eigenvalue weighted by Gasteiger charge is -2.02. The van der Waals surface area contributed by atoms with Crippen LogP contribution in [-0.2, 0) is 9.59 Å². The molecule has 0 aliphatic carbocycles. The van der Waals surface area contributed by atoms with E-state index in [4.69, 9.17) is 23.2 Å². The topological polar surface area (TPSA) is 58.2 Å². The van der Waals surface area contributed by atoms with Crippen LogP contribution in [0.3, 0.4) is 0 Å². The molecule has 0 aromatic rings. The Bertz CT molecular complexity index is 146. The maximum absolute atomic E-state index is 10.8. The fourth-order valence-electron chi connectivity index (χ4n) is 0.482. The summed E-state index contributed by atoms with van der Waals surface area (Å²) in [6, 6.07) is 0. The Labute approximate surface area is 80.6 Å². The van der Waals surface area contributed by atoms with Crippen LogP contribution >= 0.6 is 23.2 Å². The second-order valence-electron chi connectivity index (χ2n) is 1.89. The van der Waals surface area contributed by atoms with Crippen molar-refractivity contribution in [2.75, 3.05) is 24.8 Å². The Morgan fingerprint density at radius 3 is 1.50 bits per heavy atom. The molecule has 0 unspecified atom stereocenters. The van der Waals surface area contributed by atoms with Crippen LogP contribution in [0.4, 0.5) is 0 Å². The minimum absolute atomic E-state index is 0.286. The van der Waals surface area contributed by atoms with Gasteiger partial charge in [-0.3, -0.25) is 9.59 Å². The van der Waals surface area contributed by atoms with Crippen LogP contribution in [0.5, 0.6) is 0 Å². The van der Waals surface area contributed by atoms with Crippen molar-refractivity contribution in [1.82, 2.24) is 10.6 Å². The average Bonchev–Trinajstić information content (AvgIpc) is 2.10. The molecule has 2 amide bonds. The van der Waals surface area contributed by atoms with E-state index in [1.54, 1.807) is 0 Å². The Balaban J connectivity index is 3.55. The highest BCUT2D eigenvalue weighted by Crippen LogP contribution is 1.74. The third-order valence-corrected chi connectivity index (χ3v) is 1.34. The summed E-state index contributed by atoms with van der Waals surface area (Å²) in [6.45, 7) is 0.573. The van der Waals surface area contributed by atoms with Crippen molar-refractivity contribution in [2.24, 2.45) is 0 Å². The monoisotopic (exact) mass is 212 g/mol. The highest BCUT2D eigenvalue weighted by Gasteiger charge is 2.10. The molecule has 4 nitrogen and oxygen atoms in total. The van der Waals surface area contributed by atoms with Gasteiger partial charge in [-0.25, -0.2) is 0 Å². The predicted octanol–water partition coefficient (Wildman–Crippen LogP) is -0.304. The number of rotatable bonds is 4. The second kappa shape index (κ2) is 7.18. The van der Waals surface area contributed by atoms with Gasteiger partial charge in [-0.15, -0.1) is 23.2 Å². The maximum atomic E-state index is 10.8. The standard InChI is InChI=1S/C6H10Cl2N2O2/c7-1-3-9-5(11)6(12)10-4-2-8/h1-4H2,(H,9,11)(H,10,12). The van der Waals surface area contributed by atoms with E-state index in [2.05, 4.69) is 10.6 Å². The molecular formula is C6H10Cl2N2O2. The van der Waals surface area contributed by atoms with Gasteiger partial charge in [-0.2, -0.15) is 0 Å². The van der Waals surface area contributed by atoms with Crippen LogP contribution < -0.4 is 10.6 Å². The summed E-state index contributed by atoms with van der Waals surface area (Å²) < 4.78 is 0. The van der Waals surface area contributed by atoms with Crippen LogP contribution in [0.2, 0.25) is 0 Å². The Morgan fingerprint density at radius 2 is 1.25 bits per heavy atom. The van der Waals surface area contributed by atoms with Crippen LogP contribution in [0.1, 0.15) is 0 Å². The van der Waals surface area contributed by atoms with Gasteiger partial charge in [0.1, 0.15) is 0 Å². The molecule has 6 heteroatoms. The van der Waals surface area contributed by atoms with E-state index in [-0.39, 0.29) is 24.8 Å². The molecule has 0 rings (SSSR count). The van der Waals surface area contributed by atoms with Crippen molar-refractivity contribution in [3.05, 3.63) is 0 Å². The van der Waals surface area contributed by atoms with Crippen molar-refractivity contribution in [3.63, 3.8) is 0 Å². The largest absolute Gasteiger partial charge is 0.347 e. The van der Waals surface area contributed by atoms with Crippen LogP contribution in [0.15, 0.2) is 0 Å². The number of alkyl halides is 2. The lowest BCUT2D eigenvalue weighted by molar-refractivity contribution is -0.139. The van der Waals surface area contributed by atoms with Gasteiger partial charge in [0.15, 0.2) is 0 Å². The van der Waals surface area contributed by atoms with Gasteiger partial charge in [0.2, 0.25) is 0 Å². The quantitative estimate of drug-likeness (QED) is 0.497. The average molecular weight is 213 g/mol. The summed E-state index contributed by atoms with van der Waals surface area (Å²) in [6.07, 6.45) is 0. The third-order valence-electron chi connectivity index (χ3n) is 0.966. The minimum atomic E-state index is -0.680. The normalized spacial score (nSPS) is 9.17. The molecule has 2 N–H and O–H groups in total. The molecule has 0 radical (unpaired) electrons. The maximum Gasteiger partial charge on any atom is 0.309 e. The molecule has 0 aromatic heterocycles. The molecule has 0 bridgehead atoms. The van der Waals surface area contributed by atoms with Gasteiger partial charge in [0, 0.05) is 24.8 Å². The van der Waals surface area contributed by atoms with Gasteiger partial charge in [-0.05, 0) is 0 Å². The van der Waals surface area contributed by atoms with E-state index in [1.165, 1.54) is 0 Å². The summed E-state index contributed by atoms with van der Waals surface area (Å²) in [5.74, 6) is -0.787. The Kier molecular flexibility index (Phi) is 6.90. The van der Waals surface area contributed by atoms with Gasteiger partial charge < -0.3 is 10.6 Å². The summed E-state index contributed by atoms with van der Waals surface area (Å²) in [5.41, 5.74) is 0. The van der Waals surface area contributed by atoms with Crippen molar-refractivity contribution in [3.8, 4) is 0 Å². The first-order chi connectivity index (χ1) is 5.72. The highest BCUT2D eigenvalue weighted by atomic mass is 35.5. The highest BCUT2D eigenvalue weighted by molar-refractivity contribution is 6.35. The number of amides is 2. The number of carbonyl (C=O) groups excluding carboxylic acids is 2. The van der Waals surface area contributed by atoms with Gasteiger partial charge in [-0.1, -0.05) is 0 Å². The zero-order chi connectivity index (χ0) is 9.40. The molecule has 0 aromatic carbocycles. The Hall–Kier alpha value is -0.480. The fourth-order valence-corrected chi connectivity index (χ4v) is 0.671. The fraction of sp³-hybridized carbons (Fsp3) is 0.667. The van der Waals surface area contributed by atoms with Crippen molar-refractivity contribution in [1.29, 1.82) is 0 Å². The van der Waals surface area contributed by atoms with E-state index in [9.17, 15) is 9.59 Å². The number of hydrogen-bond acceptors (Lipinski definition) is 2. The lowest BCUT2D eigenvalue weighted by atomic mass is 10.5. The molecule has 0 aliphatic rings. The molecule has 0 aliphatic heterocycles. The van der Waals surface area contributed by atoms with E-state index in [0.717, 1.165) is 0 Å².